The van der Waals surface area contributed by atoms with Gasteiger partial charge in [0, 0.05) is 6.07 Å². The van der Waals surface area contributed by atoms with Crippen molar-refractivity contribution in [1.29, 1.82) is 0 Å². The first-order valence-corrected chi connectivity index (χ1v) is 4.07. The number of aromatic nitrogens is 1. The van der Waals surface area contributed by atoms with Crippen molar-refractivity contribution in [3.05, 3.63) is 23.1 Å². The van der Waals surface area contributed by atoms with Gasteiger partial charge in [-0.1, -0.05) is 0 Å². The lowest BCUT2D eigenvalue weighted by atomic mass is 10.2. The van der Waals surface area contributed by atoms with Gasteiger partial charge in [-0.25, -0.2) is 18.2 Å². The Hall–Kier alpha value is -1.30. The van der Waals surface area contributed by atoms with E-state index in [1.165, 1.54) is 0 Å². The first kappa shape index (κ1) is 11.8. The second-order valence-corrected chi connectivity index (χ2v) is 2.83. The number of halogens is 4. The smallest absolute Gasteiger partial charge is 0.271 e. The summed E-state index contributed by atoms with van der Waals surface area (Å²) in [6, 6.07) is 0.658. The number of ether oxygens (including phenoxy) is 1. The molecular formula is C8H5ClF3NO2. The number of methoxy groups -OCH3 is 1. The molecule has 0 radical (unpaired) electrons. The van der Waals surface area contributed by atoms with E-state index in [2.05, 4.69) is 9.72 Å². The first-order chi connectivity index (χ1) is 6.97. The Balaban J connectivity index is 3.42. The van der Waals surface area contributed by atoms with E-state index < -0.39 is 28.7 Å². The van der Waals surface area contributed by atoms with Crippen molar-refractivity contribution in [3.63, 3.8) is 0 Å². The molecule has 0 spiro atoms. The molecule has 0 aromatic carbocycles. The van der Waals surface area contributed by atoms with Crippen LogP contribution in [0.2, 0.25) is 0 Å². The molecule has 1 heterocycles. The molecule has 0 aliphatic rings. The third-order valence-electron chi connectivity index (χ3n) is 1.60. The van der Waals surface area contributed by atoms with Gasteiger partial charge < -0.3 is 4.74 Å². The molecule has 1 aromatic heterocycles. The Kier molecular flexibility index (Phi) is 3.52. The Morgan fingerprint density at radius 1 is 1.60 bits per heavy atom. The summed E-state index contributed by atoms with van der Waals surface area (Å²) in [7, 11) is 1.16. The zero-order valence-corrected chi connectivity index (χ0v) is 8.19. The average Bonchev–Trinajstić information content (AvgIpc) is 2.15. The molecule has 0 saturated heterocycles. The Morgan fingerprint density at radius 3 is 2.60 bits per heavy atom. The lowest BCUT2D eigenvalue weighted by Crippen LogP contribution is -2.06. The molecule has 1 aromatic rings. The van der Waals surface area contributed by atoms with E-state index in [9.17, 15) is 18.0 Å². The largest absolute Gasteiger partial charge is 0.481 e. The number of pyridine rings is 1. The van der Waals surface area contributed by atoms with Crippen LogP contribution >= 0.6 is 11.6 Å². The molecule has 1 rings (SSSR count). The summed E-state index contributed by atoms with van der Waals surface area (Å²) in [4.78, 5) is 14.1. The molecule has 0 aliphatic carbocycles. The number of rotatable bonds is 3. The maximum atomic E-state index is 13.1. The van der Waals surface area contributed by atoms with Crippen molar-refractivity contribution in [1.82, 2.24) is 4.98 Å². The van der Waals surface area contributed by atoms with Crippen LogP contribution in [0.3, 0.4) is 0 Å². The van der Waals surface area contributed by atoms with Crippen LogP contribution in [0.1, 0.15) is 22.5 Å². The second-order valence-electron chi connectivity index (χ2n) is 2.48. The van der Waals surface area contributed by atoms with Gasteiger partial charge in [0.15, 0.2) is 0 Å². The number of alkyl halides is 2. The van der Waals surface area contributed by atoms with Gasteiger partial charge in [0.05, 0.1) is 12.7 Å². The zero-order chi connectivity index (χ0) is 11.6. The van der Waals surface area contributed by atoms with Gasteiger partial charge in [-0.15, -0.1) is 0 Å². The van der Waals surface area contributed by atoms with Crippen molar-refractivity contribution in [2.75, 3.05) is 7.11 Å². The van der Waals surface area contributed by atoms with E-state index in [-0.39, 0.29) is 5.88 Å². The standard InChI is InChI=1S/C8H5ClF3NO2/c1-15-4-2-3(10)5(8(11)12)6(13-4)7(9)14/h2,8H,1H3. The minimum absolute atomic E-state index is 0.291. The summed E-state index contributed by atoms with van der Waals surface area (Å²) in [6.07, 6.45) is -3.17. The van der Waals surface area contributed by atoms with Crippen LogP contribution in [0.15, 0.2) is 6.07 Å². The number of hydrogen-bond donors (Lipinski definition) is 0. The van der Waals surface area contributed by atoms with Crippen molar-refractivity contribution in [2.24, 2.45) is 0 Å². The van der Waals surface area contributed by atoms with Gasteiger partial charge in [0.25, 0.3) is 11.7 Å². The third-order valence-corrected chi connectivity index (χ3v) is 1.78. The number of hydrogen-bond acceptors (Lipinski definition) is 3. The van der Waals surface area contributed by atoms with E-state index in [0.29, 0.717) is 6.07 Å². The van der Waals surface area contributed by atoms with Gasteiger partial charge >= 0.3 is 0 Å². The van der Waals surface area contributed by atoms with Crippen LogP contribution in [0.4, 0.5) is 13.2 Å². The lowest BCUT2D eigenvalue weighted by molar-refractivity contribution is 0.105. The summed E-state index contributed by atoms with van der Waals surface area (Å²) in [5, 5.41) is -1.26. The molecule has 0 fully saturated rings. The predicted molar refractivity (Wildman–Crippen MR) is 45.9 cm³/mol. The van der Waals surface area contributed by atoms with E-state index in [1.807, 2.05) is 0 Å². The molecule has 0 atom stereocenters. The molecule has 82 valence electrons. The monoisotopic (exact) mass is 239 g/mol. The van der Waals surface area contributed by atoms with E-state index in [0.717, 1.165) is 7.11 Å². The summed E-state index contributed by atoms with van der Waals surface area (Å²) in [5.41, 5.74) is -1.95. The highest BCUT2D eigenvalue weighted by atomic mass is 35.5. The van der Waals surface area contributed by atoms with Crippen LogP contribution < -0.4 is 4.74 Å². The van der Waals surface area contributed by atoms with Crippen molar-refractivity contribution in [2.45, 2.75) is 6.43 Å². The molecule has 15 heavy (non-hydrogen) atoms. The Bertz CT molecular complexity index is 398. The highest BCUT2D eigenvalue weighted by Crippen LogP contribution is 2.28. The van der Waals surface area contributed by atoms with Crippen molar-refractivity contribution < 1.29 is 22.7 Å². The average molecular weight is 240 g/mol. The molecule has 0 unspecified atom stereocenters. The van der Waals surface area contributed by atoms with Gasteiger partial charge in [-0.3, -0.25) is 4.79 Å². The van der Waals surface area contributed by atoms with Crippen LogP contribution in [-0.4, -0.2) is 17.3 Å². The maximum Gasteiger partial charge on any atom is 0.271 e. The second kappa shape index (κ2) is 4.48. The van der Waals surface area contributed by atoms with Crippen molar-refractivity contribution >= 4 is 16.8 Å². The molecule has 0 N–H and O–H groups in total. The molecule has 7 heteroatoms. The van der Waals surface area contributed by atoms with Gasteiger partial charge in [0.2, 0.25) is 5.88 Å². The molecule has 3 nitrogen and oxygen atoms in total. The predicted octanol–water partition coefficient (Wildman–Crippen LogP) is 2.55. The van der Waals surface area contributed by atoms with Crippen molar-refractivity contribution in [3.8, 4) is 5.88 Å². The van der Waals surface area contributed by atoms with Gasteiger partial charge in [0.1, 0.15) is 11.5 Å². The third kappa shape index (κ3) is 2.38. The first-order valence-electron chi connectivity index (χ1n) is 3.69. The minimum atomic E-state index is -3.17. The van der Waals surface area contributed by atoms with E-state index >= 15 is 0 Å². The summed E-state index contributed by atoms with van der Waals surface area (Å²) >= 11 is 5.00. The fourth-order valence-electron chi connectivity index (χ4n) is 0.964. The number of carbonyl (C=O) groups excluding carboxylic acids is 1. The summed E-state index contributed by atoms with van der Waals surface area (Å²) < 4.78 is 42.3. The lowest BCUT2D eigenvalue weighted by Gasteiger charge is -2.07. The SMILES string of the molecule is COc1cc(F)c(C(F)F)c(C(=O)Cl)n1. The normalized spacial score (nSPS) is 10.5. The Labute approximate surface area is 87.8 Å². The zero-order valence-electron chi connectivity index (χ0n) is 7.43. The van der Waals surface area contributed by atoms with Crippen LogP contribution in [-0.2, 0) is 0 Å². The topological polar surface area (TPSA) is 39.2 Å². The highest BCUT2D eigenvalue weighted by Gasteiger charge is 2.24. The van der Waals surface area contributed by atoms with Crippen LogP contribution in [0.25, 0.3) is 0 Å². The Morgan fingerprint density at radius 2 is 2.20 bits per heavy atom. The maximum absolute atomic E-state index is 13.1. The molecule has 0 amide bonds. The van der Waals surface area contributed by atoms with E-state index in [1.54, 1.807) is 0 Å². The molecule has 0 bridgehead atoms. The fourth-order valence-corrected chi connectivity index (χ4v) is 1.11. The minimum Gasteiger partial charge on any atom is -0.481 e. The van der Waals surface area contributed by atoms with Crippen LogP contribution in [0, 0.1) is 5.82 Å². The molecule has 0 aliphatic heterocycles. The van der Waals surface area contributed by atoms with E-state index in [4.69, 9.17) is 11.6 Å². The highest BCUT2D eigenvalue weighted by molar-refractivity contribution is 6.67. The molecule has 0 saturated carbocycles. The number of nitrogens with zero attached hydrogens (tertiary/aromatic N) is 1. The summed E-state index contributed by atoms with van der Waals surface area (Å²) in [6.45, 7) is 0. The molecular weight excluding hydrogens is 235 g/mol. The van der Waals surface area contributed by atoms with Gasteiger partial charge in [-0.05, 0) is 11.6 Å². The van der Waals surface area contributed by atoms with Crippen LogP contribution in [0.5, 0.6) is 5.88 Å². The summed E-state index contributed by atoms with van der Waals surface area (Å²) in [5.74, 6) is -1.57. The quantitative estimate of drug-likeness (QED) is 0.761. The number of carbonyl (C=O) groups is 1. The van der Waals surface area contributed by atoms with Gasteiger partial charge in [-0.2, -0.15) is 0 Å². The fraction of sp³-hybridized carbons (Fsp3) is 0.250.